The number of carbonyl (C=O) groups is 1. The van der Waals surface area contributed by atoms with E-state index in [9.17, 15) is 4.79 Å². The zero-order valence-corrected chi connectivity index (χ0v) is 12.6. The van der Waals surface area contributed by atoms with Gasteiger partial charge in [0.15, 0.2) is 0 Å². The van der Waals surface area contributed by atoms with Gasteiger partial charge in [-0.3, -0.25) is 4.79 Å². The van der Waals surface area contributed by atoms with Crippen molar-refractivity contribution in [2.24, 2.45) is 22.2 Å². The number of nitrogens with two attached hydrogens (primary N) is 1. The Labute approximate surface area is 125 Å². The van der Waals surface area contributed by atoms with Crippen LogP contribution in [0.4, 0.5) is 5.69 Å². The second-order valence-corrected chi connectivity index (χ2v) is 6.39. The van der Waals surface area contributed by atoms with Crippen molar-refractivity contribution in [1.29, 1.82) is 0 Å². The number of amides is 1. The van der Waals surface area contributed by atoms with Crippen LogP contribution in [0.25, 0.3) is 0 Å². The van der Waals surface area contributed by atoms with Gasteiger partial charge in [-0.2, -0.15) is 0 Å². The number of anilines is 1. The summed E-state index contributed by atoms with van der Waals surface area (Å²) >= 11 is 0. The number of oxime groups is 1. The van der Waals surface area contributed by atoms with Crippen molar-refractivity contribution in [2.75, 3.05) is 5.32 Å². The van der Waals surface area contributed by atoms with Crippen molar-refractivity contribution in [1.82, 2.24) is 0 Å². The Morgan fingerprint density at radius 1 is 1.43 bits per heavy atom. The molecule has 0 aromatic heterocycles. The molecule has 0 spiro atoms. The van der Waals surface area contributed by atoms with Crippen molar-refractivity contribution in [2.45, 2.75) is 39.5 Å². The lowest BCUT2D eigenvalue weighted by Crippen LogP contribution is -2.30. The molecule has 1 aliphatic rings. The van der Waals surface area contributed by atoms with Crippen LogP contribution >= 0.6 is 0 Å². The van der Waals surface area contributed by atoms with Crippen LogP contribution in [0.15, 0.2) is 29.4 Å². The van der Waals surface area contributed by atoms with Gasteiger partial charge in [0.1, 0.15) is 5.84 Å². The van der Waals surface area contributed by atoms with Gasteiger partial charge in [0, 0.05) is 18.0 Å². The number of rotatable bonds is 4. The van der Waals surface area contributed by atoms with Gasteiger partial charge in [-0.25, -0.2) is 0 Å². The first-order valence-electron chi connectivity index (χ1n) is 7.28. The van der Waals surface area contributed by atoms with Crippen LogP contribution in [0.1, 0.15) is 38.7 Å². The maximum atomic E-state index is 12.4. The van der Waals surface area contributed by atoms with Crippen molar-refractivity contribution < 1.29 is 10.0 Å². The molecule has 0 bridgehead atoms. The van der Waals surface area contributed by atoms with Crippen LogP contribution < -0.4 is 11.1 Å². The Balaban J connectivity index is 1.99. The van der Waals surface area contributed by atoms with E-state index in [0.29, 0.717) is 6.42 Å². The van der Waals surface area contributed by atoms with Crippen molar-refractivity contribution in [3.63, 3.8) is 0 Å². The first-order chi connectivity index (χ1) is 9.92. The van der Waals surface area contributed by atoms with E-state index < -0.39 is 0 Å². The summed E-state index contributed by atoms with van der Waals surface area (Å²) in [5.74, 6) is 0.343. The van der Waals surface area contributed by atoms with Crippen LogP contribution in [-0.4, -0.2) is 17.0 Å². The summed E-state index contributed by atoms with van der Waals surface area (Å²) < 4.78 is 0. The van der Waals surface area contributed by atoms with E-state index in [1.807, 2.05) is 24.3 Å². The molecular formula is C16H23N3O2. The third-order valence-electron chi connectivity index (χ3n) is 4.31. The van der Waals surface area contributed by atoms with Gasteiger partial charge in [0.25, 0.3) is 0 Å². The predicted octanol–water partition coefficient (Wildman–Crippen LogP) is 2.74. The molecule has 1 aromatic carbocycles. The maximum Gasteiger partial charge on any atom is 0.228 e. The third kappa shape index (κ3) is 3.74. The molecule has 1 fully saturated rings. The lowest BCUT2D eigenvalue weighted by atomic mass is 9.81. The lowest BCUT2D eigenvalue weighted by Gasteiger charge is -2.25. The number of amidine groups is 1. The molecule has 1 atom stereocenters. The number of nitrogens with one attached hydrogen (secondary N) is 1. The third-order valence-corrected chi connectivity index (χ3v) is 4.31. The molecular weight excluding hydrogens is 266 g/mol. The fourth-order valence-electron chi connectivity index (χ4n) is 2.99. The molecule has 0 aliphatic heterocycles. The summed E-state index contributed by atoms with van der Waals surface area (Å²) in [6.07, 6.45) is 3.56. The first-order valence-corrected chi connectivity index (χ1v) is 7.28. The summed E-state index contributed by atoms with van der Waals surface area (Å²) in [6, 6.07) is 7.43. The summed E-state index contributed by atoms with van der Waals surface area (Å²) in [6.45, 7) is 4.31. The van der Waals surface area contributed by atoms with E-state index in [0.717, 1.165) is 30.5 Å². The van der Waals surface area contributed by atoms with E-state index in [-0.39, 0.29) is 23.1 Å². The van der Waals surface area contributed by atoms with E-state index >= 15 is 0 Å². The normalized spacial score (nSPS) is 21.2. The highest BCUT2D eigenvalue weighted by molar-refractivity contribution is 5.93. The topological polar surface area (TPSA) is 87.7 Å². The fourth-order valence-corrected chi connectivity index (χ4v) is 2.99. The molecule has 2 rings (SSSR count). The highest BCUT2D eigenvalue weighted by Gasteiger charge is 2.39. The van der Waals surface area contributed by atoms with Gasteiger partial charge >= 0.3 is 0 Å². The second kappa shape index (κ2) is 6.16. The molecule has 1 aromatic rings. The van der Waals surface area contributed by atoms with Gasteiger partial charge in [-0.15, -0.1) is 0 Å². The van der Waals surface area contributed by atoms with Crippen LogP contribution in [0.3, 0.4) is 0 Å². The molecule has 1 amide bonds. The minimum absolute atomic E-state index is 0.0781. The van der Waals surface area contributed by atoms with E-state index in [4.69, 9.17) is 10.9 Å². The Morgan fingerprint density at radius 3 is 2.62 bits per heavy atom. The predicted molar refractivity (Wildman–Crippen MR) is 83.3 cm³/mol. The number of carbonyl (C=O) groups excluding carboxylic acids is 1. The van der Waals surface area contributed by atoms with E-state index in [1.54, 1.807) is 0 Å². The molecule has 0 radical (unpaired) electrons. The summed E-state index contributed by atoms with van der Waals surface area (Å²) in [5, 5.41) is 14.5. The van der Waals surface area contributed by atoms with Crippen molar-refractivity contribution >= 4 is 17.4 Å². The van der Waals surface area contributed by atoms with Gasteiger partial charge in [0.05, 0.1) is 0 Å². The molecule has 0 heterocycles. The summed E-state index contributed by atoms with van der Waals surface area (Å²) in [5.41, 5.74) is 7.26. The molecule has 21 heavy (non-hydrogen) atoms. The average Bonchev–Trinajstić information content (AvgIpc) is 2.80. The molecule has 1 aliphatic carbocycles. The quantitative estimate of drug-likeness (QED) is 0.345. The molecule has 1 saturated carbocycles. The monoisotopic (exact) mass is 289 g/mol. The first kappa shape index (κ1) is 15.4. The second-order valence-electron chi connectivity index (χ2n) is 6.39. The average molecular weight is 289 g/mol. The number of hydrogen-bond acceptors (Lipinski definition) is 3. The fraction of sp³-hybridized carbons (Fsp3) is 0.500. The van der Waals surface area contributed by atoms with Gasteiger partial charge in [-0.1, -0.05) is 37.6 Å². The van der Waals surface area contributed by atoms with Crippen molar-refractivity contribution in [3.05, 3.63) is 29.8 Å². The molecule has 114 valence electrons. The van der Waals surface area contributed by atoms with Crippen LogP contribution in [-0.2, 0) is 11.2 Å². The van der Waals surface area contributed by atoms with E-state index in [2.05, 4.69) is 24.3 Å². The molecule has 1 unspecified atom stereocenters. The minimum Gasteiger partial charge on any atom is -0.409 e. The smallest absolute Gasteiger partial charge is 0.228 e. The zero-order valence-electron chi connectivity index (χ0n) is 12.6. The maximum absolute atomic E-state index is 12.4. The lowest BCUT2D eigenvalue weighted by molar-refractivity contribution is -0.122. The van der Waals surface area contributed by atoms with Crippen molar-refractivity contribution in [3.8, 4) is 0 Å². The zero-order chi connectivity index (χ0) is 15.5. The van der Waals surface area contributed by atoms with Crippen LogP contribution in [0.2, 0.25) is 0 Å². The van der Waals surface area contributed by atoms with E-state index in [1.165, 1.54) is 0 Å². The number of nitrogens with zero attached hydrogens (tertiary/aromatic N) is 1. The SMILES string of the molecule is CC1(C)CCCC1C(=O)Nc1ccc(C/C(N)=N/O)cc1. The van der Waals surface area contributed by atoms with Gasteiger partial charge in [-0.05, 0) is 36.0 Å². The summed E-state index contributed by atoms with van der Waals surface area (Å²) in [4.78, 5) is 12.4. The standard InChI is InChI=1S/C16H23N3O2/c1-16(2)9-3-4-13(16)15(20)18-12-7-5-11(6-8-12)10-14(17)19-21/h5-8,13,21H,3-4,9-10H2,1-2H3,(H2,17,19)(H,18,20). The Hall–Kier alpha value is -2.04. The largest absolute Gasteiger partial charge is 0.409 e. The Bertz CT molecular complexity index is 535. The number of benzene rings is 1. The Morgan fingerprint density at radius 2 is 2.10 bits per heavy atom. The highest BCUT2D eigenvalue weighted by Crippen LogP contribution is 2.43. The Kier molecular flexibility index (Phi) is 4.50. The molecule has 5 nitrogen and oxygen atoms in total. The molecule has 5 heteroatoms. The number of hydrogen-bond donors (Lipinski definition) is 3. The van der Waals surface area contributed by atoms with Crippen LogP contribution in [0.5, 0.6) is 0 Å². The van der Waals surface area contributed by atoms with Gasteiger partial charge < -0.3 is 16.3 Å². The molecule has 0 saturated heterocycles. The summed E-state index contributed by atoms with van der Waals surface area (Å²) in [7, 11) is 0. The van der Waals surface area contributed by atoms with Gasteiger partial charge in [0.2, 0.25) is 5.91 Å². The minimum atomic E-state index is 0.0781. The highest BCUT2D eigenvalue weighted by atomic mass is 16.4. The molecule has 4 N–H and O–H groups in total. The van der Waals surface area contributed by atoms with Crippen LogP contribution in [0, 0.1) is 11.3 Å².